The van der Waals surface area contributed by atoms with Crippen molar-refractivity contribution in [1.82, 2.24) is 0 Å². The van der Waals surface area contributed by atoms with Crippen LogP contribution in [0.4, 0.5) is 26.3 Å². The normalized spacial score (nSPS) is 11.9. The molecule has 0 bridgehead atoms. The summed E-state index contributed by atoms with van der Waals surface area (Å²) in [4.78, 5) is 10.9. The Morgan fingerprint density at radius 2 is 1.40 bits per heavy atom. The summed E-state index contributed by atoms with van der Waals surface area (Å²) in [6.07, 6.45) is -9.47. The second-order valence-corrected chi connectivity index (χ2v) is 6.22. The van der Waals surface area contributed by atoms with Crippen LogP contribution in [0.1, 0.15) is 21.5 Å². The molecule has 30 heavy (non-hydrogen) atoms. The average Bonchev–Trinajstić information content (AvgIpc) is 2.67. The summed E-state index contributed by atoms with van der Waals surface area (Å²) in [5, 5.41) is 8.86. The Kier molecular flexibility index (Phi) is 5.47. The highest BCUT2D eigenvalue weighted by molar-refractivity contribution is 5.87. The summed E-state index contributed by atoms with van der Waals surface area (Å²) in [5.41, 5.74) is -2.33. The van der Waals surface area contributed by atoms with Gasteiger partial charge in [0.05, 0.1) is 16.7 Å². The van der Waals surface area contributed by atoms with Crippen LogP contribution in [0.5, 0.6) is 11.5 Å². The van der Waals surface area contributed by atoms with Crippen molar-refractivity contribution in [2.75, 3.05) is 0 Å². The van der Waals surface area contributed by atoms with E-state index in [9.17, 15) is 31.1 Å². The zero-order chi connectivity index (χ0) is 22.1. The van der Waals surface area contributed by atoms with E-state index in [1.807, 2.05) is 0 Å². The number of halogens is 6. The molecule has 0 saturated carbocycles. The number of alkyl halides is 6. The van der Waals surface area contributed by atoms with Crippen LogP contribution in [0, 0.1) is 0 Å². The molecule has 0 atom stereocenters. The summed E-state index contributed by atoms with van der Waals surface area (Å²) in [5.74, 6) is -1.80. The number of hydrogen-bond acceptors (Lipinski definition) is 2. The molecular formula is C21H12F6O3. The van der Waals surface area contributed by atoms with Crippen molar-refractivity contribution >= 4 is 5.97 Å². The molecule has 0 radical (unpaired) electrons. The molecule has 0 saturated heterocycles. The quantitative estimate of drug-likeness (QED) is 0.463. The van der Waals surface area contributed by atoms with Crippen molar-refractivity contribution in [2.45, 2.75) is 12.4 Å². The van der Waals surface area contributed by atoms with Gasteiger partial charge >= 0.3 is 18.3 Å². The fourth-order valence-electron chi connectivity index (χ4n) is 2.69. The van der Waals surface area contributed by atoms with Crippen molar-refractivity contribution in [3.8, 4) is 22.6 Å². The molecule has 9 heteroatoms. The average molecular weight is 426 g/mol. The van der Waals surface area contributed by atoms with Gasteiger partial charge in [-0.25, -0.2) is 4.79 Å². The lowest BCUT2D eigenvalue weighted by Gasteiger charge is -2.16. The number of carboxylic acid groups (broad SMARTS) is 1. The van der Waals surface area contributed by atoms with Gasteiger partial charge in [-0.2, -0.15) is 26.3 Å². The Balaban J connectivity index is 2.00. The van der Waals surface area contributed by atoms with Crippen molar-refractivity contribution in [2.24, 2.45) is 0 Å². The molecule has 0 heterocycles. The first-order chi connectivity index (χ1) is 13.9. The highest BCUT2D eigenvalue weighted by Gasteiger charge is 2.35. The van der Waals surface area contributed by atoms with Crippen molar-refractivity contribution in [1.29, 1.82) is 0 Å². The third-order valence-electron chi connectivity index (χ3n) is 4.14. The monoisotopic (exact) mass is 426 g/mol. The molecule has 0 aliphatic heterocycles. The van der Waals surface area contributed by atoms with E-state index in [1.54, 1.807) is 0 Å². The Bertz CT molecular complexity index is 1070. The second kappa shape index (κ2) is 7.74. The number of hydrogen-bond donors (Lipinski definition) is 1. The van der Waals surface area contributed by atoms with Gasteiger partial charge in [0, 0.05) is 0 Å². The number of carbonyl (C=O) groups is 1. The number of ether oxygens (including phenoxy) is 1. The number of aromatic carboxylic acids is 1. The van der Waals surface area contributed by atoms with Gasteiger partial charge in [-0.15, -0.1) is 0 Å². The van der Waals surface area contributed by atoms with Crippen molar-refractivity contribution in [3.63, 3.8) is 0 Å². The van der Waals surface area contributed by atoms with Crippen LogP contribution in [0.2, 0.25) is 0 Å². The molecule has 3 aromatic carbocycles. The minimum atomic E-state index is -4.84. The van der Waals surface area contributed by atoms with Crippen LogP contribution < -0.4 is 4.74 Å². The fourth-order valence-corrected chi connectivity index (χ4v) is 2.69. The maximum Gasteiger partial charge on any atom is 0.420 e. The van der Waals surface area contributed by atoms with Gasteiger partial charge in [0.1, 0.15) is 11.5 Å². The van der Waals surface area contributed by atoms with Crippen molar-refractivity contribution < 1.29 is 41.0 Å². The molecule has 0 unspecified atom stereocenters. The lowest BCUT2D eigenvalue weighted by atomic mass is 10.00. The molecule has 0 amide bonds. The maximum atomic E-state index is 13.5. The lowest BCUT2D eigenvalue weighted by Crippen LogP contribution is -2.08. The minimum Gasteiger partial charge on any atom is -0.478 e. The molecular weight excluding hydrogens is 414 g/mol. The summed E-state index contributed by atoms with van der Waals surface area (Å²) >= 11 is 0. The zero-order valence-electron chi connectivity index (χ0n) is 14.9. The van der Waals surface area contributed by atoms with E-state index in [0.29, 0.717) is 6.07 Å². The van der Waals surface area contributed by atoms with E-state index < -0.39 is 35.2 Å². The number of carboxylic acids is 1. The Morgan fingerprint density at radius 3 is 1.97 bits per heavy atom. The lowest BCUT2D eigenvalue weighted by molar-refractivity contribution is -0.139. The molecule has 0 spiro atoms. The van der Waals surface area contributed by atoms with Crippen LogP contribution in [-0.2, 0) is 12.4 Å². The number of benzene rings is 3. The first-order valence-electron chi connectivity index (χ1n) is 8.35. The van der Waals surface area contributed by atoms with Gasteiger partial charge < -0.3 is 9.84 Å². The molecule has 0 fully saturated rings. The van der Waals surface area contributed by atoms with Gasteiger partial charge in [0.25, 0.3) is 0 Å². The molecule has 3 nitrogen and oxygen atoms in total. The smallest absolute Gasteiger partial charge is 0.420 e. The van der Waals surface area contributed by atoms with Crippen molar-refractivity contribution in [3.05, 3.63) is 83.4 Å². The summed E-state index contributed by atoms with van der Waals surface area (Å²) in [6, 6.07) is 11.6. The predicted octanol–water partition coefficient (Wildman–Crippen LogP) is 6.88. The minimum absolute atomic E-state index is 0.0303. The maximum absolute atomic E-state index is 13.5. The highest BCUT2D eigenvalue weighted by atomic mass is 19.4. The van der Waals surface area contributed by atoms with Gasteiger partial charge in [-0.3, -0.25) is 0 Å². The first kappa shape index (κ1) is 21.2. The zero-order valence-corrected chi connectivity index (χ0v) is 14.9. The Hall–Kier alpha value is -3.49. The highest BCUT2D eigenvalue weighted by Crippen LogP contribution is 2.41. The first-order valence-corrected chi connectivity index (χ1v) is 8.35. The molecule has 156 valence electrons. The summed E-state index contributed by atoms with van der Waals surface area (Å²) in [6.45, 7) is 0. The van der Waals surface area contributed by atoms with Crippen LogP contribution in [0.25, 0.3) is 11.1 Å². The SMILES string of the molecule is O=C(O)c1ccc(Oc2ccc(-c3cccc(C(F)(F)F)c3)cc2C(F)(F)F)cc1. The van der Waals surface area contributed by atoms with E-state index in [0.717, 1.165) is 24.3 Å². The van der Waals surface area contributed by atoms with Gasteiger partial charge in [-0.1, -0.05) is 18.2 Å². The van der Waals surface area contributed by atoms with Gasteiger partial charge in [0.2, 0.25) is 0 Å². The standard InChI is InChI=1S/C21H12F6O3/c22-20(23,24)15-3-1-2-13(10-15)14-6-9-18(17(11-14)21(25,26)27)30-16-7-4-12(5-8-16)19(28)29/h1-11H,(H,28,29). The van der Waals surface area contributed by atoms with E-state index in [-0.39, 0.29) is 22.4 Å². The van der Waals surface area contributed by atoms with Gasteiger partial charge in [-0.05, 0) is 59.7 Å². The third kappa shape index (κ3) is 4.73. The molecule has 3 rings (SSSR count). The fraction of sp³-hybridized carbons (Fsp3) is 0.0952. The third-order valence-corrected chi connectivity index (χ3v) is 4.14. The largest absolute Gasteiger partial charge is 0.478 e. The van der Waals surface area contributed by atoms with Crippen LogP contribution >= 0.6 is 0 Å². The Morgan fingerprint density at radius 1 is 0.767 bits per heavy atom. The second-order valence-electron chi connectivity index (χ2n) is 6.22. The van der Waals surface area contributed by atoms with E-state index >= 15 is 0 Å². The van der Waals surface area contributed by atoms with Crippen LogP contribution in [0.3, 0.4) is 0 Å². The summed E-state index contributed by atoms with van der Waals surface area (Å²) in [7, 11) is 0. The topological polar surface area (TPSA) is 46.5 Å². The van der Waals surface area contributed by atoms with Gasteiger partial charge in [0.15, 0.2) is 0 Å². The van der Waals surface area contributed by atoms with E-state index in [1.165, 1.54) is 36.4 Å². The van der Waals surface area contributed by atoms with Crippen LogP contribution in [-0.4, -0.2) is 11.1 Å². The molecule has 3 aromatic rings. The predicted molar refractivity (Wildman–Crippen MR) is 95.4 cm³/mol. The molecule has 0 aliphatic rings. The Labute approximate surface area is 166 Å². The van der Waals surface area contributed by atoms with E-state index in [4.69, 9.17) is 9.84 Å². The van der Waals surface area contributed by atoms with E-state index in [2.05, 4.69) is 0 Å². The molecule has 1 N–H and O–H groups in total. The summed E-state index contributed by atoms with van der Waals surface area (Å²) < 4.78 is 84.6. The molecule has 0 aliphatic carbocycles. The van der Waals surface area contributed by atoms with Crippen LogP contribution in [0.15, 0.2) is 66.7 Å². The molecule has 0 aromatic heterocycles. The number of rotatable bonds is 4.